The number of carbonyl (C=O) groups excluding carboxylic acids is 1. The molecule has 0 saturated carbocycles. The number of hydrogen-bond donors (Lipinski definition) is 1. The van der Waals surface area contributed by atoms with Crippen LogP contribution in [0.1, 0.15) is 34.7 Å². The van der Waals surface area contributed by atoms with Gasteiger partial charge in [-0.05, 0) is 39.9 Å². The quantitative estimate of drug-likeness (QED) is 0.0554. The van der Waals surface area contributed by atoms with Crippen LogP contribution in [0.3, 0.4) is 0 Å². The highest BCUT2D eigenvalue weighted by molar-refractivity contribution is 7.99. The van der Waals surface area contributed by atoms with Gasteiger partial charge in [0.1, 0.15) is 54.2 Å². The monoisotopic (exact) mass is 965 g/mol. The molecule has 0 unspecified atom stereocenters. The van der Waals surface area contributed by atoms with E-state index in [-0.39, 0.29) is 45.5 Å². The first-order chi connectivity index (χ1) is 34.5. The third-order valence-electron chi connectivity index (χ3n) is 11.9. The van der Waals surface area contributed by atoms with E-state index >= 15 is 0 Å². The molecule has 0 aliphatic carbocycles. The van der Waals surface area contributed by atoms with Gasteiger partial charge in [-0.1, -0.05) is 188 Å². The molecule has 70 heavy (non-hydrogen) atoms. The molecule has 0 bridgehead atoms. The Hall–Kier alpha value is -5.48. The van der Waals surface area contributed by atoms with Gasteiger partial charge in [0.2, 0.25) is 5.91 Å². The lowest BCUT2D eigenvalue weighted by Gasteiger charge is -2.50. The minimum Gasteiger partial charge on any atom is -0.374 e. The molecule has 6 aromatic carbocycles. The normalized spacial score (nSPS) is 24.4. The number of ether oxygens (including phenoxy) is 9. The first-order valence-electron chi connectivity index (χ1n) is 23.9. The van der Waals surface area contributed by atoms with Gasteiger partial charge in [0, 0.05) is 11.8 Å². The Balaban J connectivity index is 1.19. The molecule has 8 rings (SSSR count). The van der Waals surface area contributed by atoms with Crippen molar-refractivity contribution in [3.8, 4) is 0 Å². The third kappa shape index (κ3) is 15.0. The van der Waals surface area contributed by atoms with Crippen LogP contribution in [-0.4, -0.2) is 86.2 Å². The van der Waals surface area contributed by atoms with Gasteiger partial charge < -0.3 is 47.9 Å². The maximum Gasteiger partial charge on any atom is 0.217 e. The van der Waals surface area contributed by atoms with Gasteiger partial charge in [-0.25, -0.2) is 0 Å². The number of hydrogen-bond acceptors (Lipinski definition) is 11. The number of rotatable bonds is 25. The minimum atomic E-state index is -1.14. The summed E-state index contributed by atoms with van der Waals surface area (Å²) in [5.74, 6) is -0.306. The lowest BCUT2D eigenvalue weighted by molar-refractivity contribution is -0.333. The van der Waals surface area contributed by atoms with Crippen LogP contribution < -0.4 is 5.32 Å². The lowest BCUT2D eigenvalue weighted by Crippen LogP contribution is -2.68. The second-order valence-corrected chi connectivity index (χ2v) is 18.4. The van der Waals surface area contributed by atoms with E-state index in [1.807, 2.05) is 170 Å². The maximum atomic E-state index is 13.4. The molecule has 11 nitrogen and oxygen atoms in total. The zero-order valence-corrected chi connectivity index (χ0v) is 40.3. The first-order valence-corrected chi connectivity index (χ1v) is 24.8. The fraction of sp³-hybridized carbons (Fsp3) is 0.328. The van der Waals surface area contributed by atoms with E-state index in [1.54, 1.807) is 17.8 Å². The van der Waals surface area contributed by atoms with Gasteiger partial charge >= 0.3 is 0 Å². The van der Waals surface area contributed by atoms with E-state index in [1.165, 1.54) is 6.92 Å². The van der Waals surface area contributed by atoms with Crippen molar-refractivity contribution in [2.75, 3.05) is 19.8 Å². The summed E-state index contributed by atoms with van der Waals surface area (Å²) in [5, 5.41) is 3.16. The summed E-state index contributed by atoms with van der Waals surface area (Å²) in [6.07, 6.45) is -4.77. The van der Waals surface area contributed by atoms with Crippen LogP contribution in [0.25, 0.3) is 0 Å². The molecule has 10 atom stereocenters. The maximum absolute atomic E-state index is 13.4. The molecule has 2 saturated heterocycles. The lowest BCUT2D eigenvalue weighted by atomic mass is 9.94. The second-order valence-electron chi connectivity index (χ2n) is 17.2. The fourth-order valence-corrected chi connectivity index (χ4v) is 9.73. The Kier molecular flexibility index (Phi) is 19.8. The van der Waals surface area contributed by atoms with Crippen molar-refractivity contribution in [1.29, 1.82) is 0 Å². The summed E-state index contributed by atoms with van der Waals surface area (Å²) in [6.45, 7) is 7.25. The predicted molar refractivity (Wildman–Crippen MR) is 269 cm³/mol. The molecular formula is C58H63NO10S. The van der Waals surface area contributed by atoms with Gasteiger partial charge in [0.15, 0.2) is 6.29 Å². The molecule has 2 fully saturated rings. The van der Waals surface area contributed by atoms with Crippen LogP contribution in [0.2, 0.25) is 0 Å². The molecule has 2 heterocycles. The van der Waals surface area contributed by atoms with E-state index in [0.29, 0.717) is 13.2 Å². The van der Waals surface area contributed by atoms with Crippen molar-refractivity contribution in [3.05, 3.63) is 222 Å². The third-order valence-corrected chi connectivity index (χ3v) is 13.1. The highest BCUT2D eigenvalue weighted by atomic mass is 32.2. The SMILES string of the molecule is C=CCO[C@H]1[C@H](OCc2ccccc2)[C@H](NC(C)=O)[C@H](O[C@H]2[C@H](OCc3ccccc3)[C@@H](OCc3ccccc3)[C@H](Sc3ccccc3)O[C@@H]2COCc2ccccc2)O[C@@H]1COCc1ccccc1. The van der Waals surface area contributed by atoms with E-state index in [4.69, 9.17) is 42.6 Å². The molecule has 0 radical (unpaired) electrons. The Labute approximate surface area is 416 Å². The van der Waals surface area contributed by atoms with Crippen molar-refractivity contribution in [1.82, 2.24) is 5.32 Å². The average molecular weight is 966 g/mol. The van der Waals surface area contributed by atoms with E-state index in [9.17, 15) is 4.79 Å². The van der Waals surface area contributed by atoms with E-state index in [2.05, 4.69) is 24.0 Å². The van der Waals surface area contributed by atoms with Crippen molar-refractivity contribution in [2.45, 2.75) is 105 Å². The van der Waals surface area contributed by atoms with Crippen LogP contribution in [0.15, 0.2) is 200 Å². The zero-order valence-electron chi connectivity index (χ0n) is 39.5. The Morgan fingerprint density at radius 1 is 0.514 bits per heavy atom. The van der Waals surface area contributed by atoms with E-state index in [0.717, 1.165) is 32.7 Å². The van der Waals surface area contributed by atoms with Crippen LogP contribution in [0.4, 0.5) is 0 Å². The molecule has 12 heteroatoms. The summed E-state index contributed by atoms with van der Waals surface area (Å²) >= 11 is 1.56. The summed E-state index contributed by atoms with van der Waals surface area (Å²) in [5.41, 5.74) is 4.34. The van der Waals surface area contributed by atoms with Crippen molar-refractivity contribution in [3.63, 3.8) is 0 Å². The highest BCUT2D eigenvalue weighted by Crippen LogP contribution is 2.40. The summed E-state index contributed by atoms with van der Waals surface area (Å²) in [4.78, 5) is 14.4. The molecule has 2 aliphatic rings. The summed E-state index contributed by atoms with van der Waals surface area (Å²) in [6, 6.07) is 59.1. The van der Waals surface area contributed by atoms with Crippen molar-refractivity contribution in [2.24, 2.45) is 0 Å². The smallest absolute Gasteiger partial charge is 0.217 e. The largest absolute Gasteiger partial charge is 0.374 e. The topological polar surface area (TPSA) is 112 Å². The standard InChI is InChI=1S/C58H63NO10S/c1-3-34-63-52-49(40-61-35-43-22-10-4-11-23-43)67-57(51(59-42(2)60)54(52)64-37-45-26-14-6-15-27-45)69-53-50(41-62-36-44-24-12-5-13-25-44)68-58(70-48-32-20-9-21-33-48)56(66-39-47-30-18-8-19-31-47)55(53)65-38-46-28-16-7-17-29-46/h3-33,49-58H,1,34-41H2,2H3,(H,59,60)/t49-,50-,51+,52-,53-,54-,55+,56-,57+,58+/m1/s1. The highest BCUT2D eigenvalue weighted by Gasteiger charge is 2.54. The van der Waals surface area contributed by atoms with Crippen LogP contribution in [0.5, 0.6) is 0 Å². The van der Waals surface area contributed by atoms with Gasteiger partial charge in [0.25, 0.3) is 0 Å². The molecule has 0 aromatic heterocycles. The number of nitrogens with one attached hydrogen (secondary N) is 1. The summed E-state index contributed by atoms with van der Waals surface area (Å²) < 4.78 is 62.1. The number of benzene rings is 6. The minimum absolute atomic E-state index is 0.117. The molecule has 6 aromatic rings. The fourth-order valence-electron chi connectivity index (χ4n) is 8.58. The summed E-state index contributed by atoms with van der Waals surface area (Å²) in [7, 11) is 0. The number of carbonyl (C=O) groups is 1. The number of thioether (sulfide) groups is 1. The molecule has 1 N–H and O–H groups in total. The van der Waals surface area contributed by atoms with Crippen LogP contribution in [-0.2, 0) is 80.5 Å². The van der Waals surface area contributed by atoms with Crippen molar-refractivity contribution >= 4 is 17.7 Å². The average Bonchev–Trinajstić information content (AvgIpc) is 3.40. The van der Waals surface area contributed by atoms with Gasteiger partial charge in [-0.2, -0.15) is 0 Å². The zero-order chi connectivity index (χ0) is 48.2. The first kappa shape index (κ1) is 50.9. The Morgan fingerprint density at radius 2 is 0.929 bits per heavy atom. The van der Waals surface area contributed by atoms with Crippen LogP contribution in [0, 0.1) is 0 Å². The Bertz CT molecular complexity index is 2410. The molecule has 1 amide bonds. The predicted octanol–water partition coefficient (Wildman–Crippen LogP) is 9.88. The molecular weight excluding hydrogens is 903 g/mol. The van der Waals surface area contributed by atoms with Crippen LogP contribution >= 0.6 is 11.8 Å². The molecule has 0 spiro atoms. The van der Waals surface area contributed by atoms with Gasteiger partial charge in [-0.15, -0.1) is 6.58 Å². The van der Waals surface area contributed by atoms with E-state index < -0.39 is 60.5 Å². The second kappa shape index (κ2) is 27.2. The van der Waals surface area contributed by atoms with Gasteiger partial charge in [-0.3, -0.25) is 4.79 Å². The molecule has 2 aliphatic heterocycles. The molecule has 366 valence electrons. The van der Waals surface area contributed by atoms with Crippen molar-refractivity contribution < 1.29 is 47.4 Å². The Morgan fingerprint density at radius 3 is 1.39 bits per heavy atom. The number of amides is 1. The van der Waals surface area contributed by atoms with Gasteiger partial charge in [0.05, 0.1) is 52.9 Å².